The summed E-state index contributed by atoms with van der Waals surface area (Å²) in [4.78, 5) is 2.25. The molecule has 0 bridgehead atoms. The molecule has 0 aromatic heterocycles. The average molecular weight is 241 g/mol. The number of rotatable bonds is 0. The van der Waals surface area contributed by atoms with Gasteiger partial charge in [-0.3, -0.25) is 0 Å². The van der Waals surface area contributed by atoms with Crippen molar-refractivity contribution >= 4 is 15.9 Å². The second-order valence-electron chi connectivity index (χ2n) is 3.61. The van der Waals surface area contributed by atoms with Crippen LogP contribution in [0.4, 0.5) is 0 Å². The first kappa shape index (κ1) is 9.19. The maximum Gasteiger partial charge on any atom is 0.0427 e. The Morgan fingerprint density at radius 1 is 1.54 bits per heavy atom. The highest BCUT2D eigenvalue weighted by Crippen LogP contribution is 2.29. The third kappa shape index (κ3) is 1.64. The van der Waals surface area contributed by atoms with E-state index in [4.69, 9.17) is 5.73 Å². The van der Waals surface area contributed by atoms with Gasteiger partial charge in [0.15, 0.2) is 0 Å². The molecule has 0 amide bonds. The van der Waals surface area contributed by atoms with Gasteiger partial charge in [0.25, 0.3) is 0 Å². The van der Waals surface area contributed by atoms with E-state index >= 15 is 0 Å². The molecule has 0 radical (unpaired) electrons. The lowest BCUT2D eigenvalue weighted by atomic mass is 9.96. The number of fused-ring (bicyclic) bond motifs is 1. The molecule has 1 aromatic rings. The molecule has 1 unspecified atom stereocenters. The fraction of sp³-hybridized carbons (Fsp3) is 0.400. The van der Waals surface area contributed by atoms with Crippen LogP contribution < -0.4 is 5.73 Å². The van der Waals surface area contributed by atoms with Crippen molar-refractivity contribution in [3.05, 3.63) is 33.8 Å². The van der Waals surface area contributed by atoms with Crippen LogP contribution in [-0.2, 0) is 6.54 Å². The van der Waals surface area contributed by atoms with E-state index in [1.54, 1.807) is 0 Å². The number of likely N-dealkylation sites (N-methyl/N-ethyl adjacent to an activating group) is 1. The van der Waals surface area contributed by atoms with Crippen molar-refractivity contribution in [2.45, 2.75) is 12.6 Å². The Labute approximate surface area is 86.9 Å². The monoisotopic (exact) mass is 240 g/mol. The van der Waals surface area contributed by atoms with Gasteiger partial charge in [-0.2, -0.15) is 0 Å². The zero-order valence-electron chi connectivity index (χ0n) is 7.63. The molecule has 0 aliphatic carbocycles. The van der Waals surface area contributed by atoms with Gasteiger partial charge in [0.2, 0.25) is 0 Å². The predicted molar refractivity (Wildman–Crippen MR) is 57.4 cm³/mol. The minimum Gasteiger partial charge on any atom is -0.323 e. The standard InChI is InChI=1S/C10H13BrN2/c1-13-5-8-7(10(12)6-13)3-2-4-9(8)11/h2-4,10H,5-6,12H2,1H3. The molecule has 1 aliphatic rings. The summed E-state index contributed by atoms with van der Waals surface area (Å²) in [6.07, 6.45) is 0. The maximum absolute atomic E-state index is 6.04. The Bertz CT molecular complexity index is 325. The van der Waals surface area contributed by atoms with E-state index in [2.05, 4.69) is 40.0 Å². The highest BCUT2D eigenvalue weighted by molar-refractivity contribution is 9.10. The summed E-state index contributed by atoms with van der Waals surface area (Å²) < 4.78 is 1.17. The Morgan fingerprint density at radius 3 is 3.08 bits per heavy atom. The van der Waals surface area contributed by atoms with Gasteiger partial charge >= 0.3 is 0 Å². The Hall–Kier alpha value is -0.380. The molecule has 0 fully saturated rings. The Morgan fingerprint density at radius 2 is 2.31 bits per heavy atom. The van der Waals surface area contributed by atoms with E-state index in [-0.39, 0.29) is 6.04 Å². The maximum atomic E-state index is 6.04. The van der Waals surface area contributed by atoms with Crippen molar-refractivity contribution < 1.29 is 0 Å². The molecule has 0 saturated heterocycles. The normalized spacial score (nSPS) is 22.8. The van der Waals surface area contributed by atoms with Crippen LogP contribution in [0.15, 0.2) is 22.7 Å². The van der Waals surface area contributed by atoms with Gasteiger partial charge in [-0.1, -0.05) is 28.1 Å². The minimum absolute atomic E-state index is 0.159. The van der Waals surface area contributed by atoms with Gasteiger partial charge in [0, 0.05) is 23.6 Å². The largest absolute Gasteiger partial charge is 0.323 e. The van der Waals surface area contributed by atoms with Gasteiger partial charge in [-0.15, -0.1) is 0 Å². The Kier molecular flexibility index (Phi) is 2.41. The Balaban J connectivity index is 2.49. The van der Waals surface area contributed by atoms with Crippen LogP contribution in [0.3, 0.4) is 0 Å². The molecule has 3 heteroatoms. The predicted octanol–water partition coefficient (Wildman–Crippen LogP) is 1.89. The quantitative estimate of drug-likeness (QED) is 0.751. The number of hydrogen-bond donors (Lipinski definition) is 1. The van der Waals surface area contributed by atoms with Crippen LogP contribution in [0.25, 0.3) is 0 Å². The molecule has 1 aromatic carbocycles. The number of halogens is 1. The topological polar surface area (TPSA) is 29.3 Å². The molecular formula is C10H13BrN2. The van der Waals surface area contributed by atoms with E-state index in [9.17, 15) is 0 Å². The van der Waals surface area contributed by atoms with Crippen molar-refractivity contribution in [1.29, 1.82) is 0 Å². The fourth-order valence-electron chi connectivity index (χ4n) is 1.86. The van der Waals surface area contributed by atoms with Crippen LogP contribution >= 0.6 is 15.9 Å². The molecule has 2 nitrogen and oxygen atoms in total. The van der Waals surface area contributed by atoms with Crippen LogP contribution in [0.5, 0.6) is 0 Å². The summed E-state index contributed by atoms with van der Waals surface area (Å²) in [5.41, 5.74) is 8.66. The zero-order valence-corrected chi connectivity index (χ0v) is 9.21. The van der Waals surface area contributed by atoms with Crippen molar-refractivity contribution in [2.24, 2.45) is 5.73 Å². The molecule has 1 atom stereocenters. The molecular weight excluding hydrogens is 228 g/mol. The van der Waals surface area contributed by atoms with Gasteiger partial charge < -0.3 is 10.6 Å². The zero-order chi connectivity index (χ0) is 9.42. The van der Waals surface area contributed by atoms with E-state index in [0.717, 1.165) is 13.1 Å². The lowest BCUT2D eigenvalue weighted by Crippen LogP contribution is -2.34. The molecule has 2 N–H and O–H groups in total. The molecule has 0 spiro atoms. The lowest BCUT2D eigenvalue weighted by Gasteiger charge is -2.30. The highest BCUT2D eigenvalue weighted by Gasteiger charge is 2.21. The first-order chi connectivity index (χ1) is 6.18. The number of nitrogens with two attached hydrogens (primary N) is 1. The van der Waals surface area contributed by atoms with Crippen molar-refractivity contribution in [2.75, 3.05) is 13.6 Å². The van der Waals surface area contributed by atoms with Gasteiger partial charge in [0.05, 0.1) is 0 Å². The third-order valence-electron chi connectivity index (χ3n) is 2.49. The summed E-state index contributed by atoms with van der Waals surface area (Å²) >= 11 is 3.55. The fourth-order valence-corrected chi connectivity index (χ4v) is 2.37. The highest BCUT2D eigenvalue weighted by atomic mass is 79.9. The average Bonchev–Trinajstić information content (AvgIpc) is 2.07. The first-order valence-corrected chi connectivity index (χ1v) is 5.19. The summed E-state index contributed by atoms with van der Waals surface area (Å²) in [7, 11) is 2.10. The van der Waals surface area contributed by atoms with Crippen molar-refractivity contribution in [3.8, 4) is 0 Å². The number of benzene rings is 1. The van der Waals surface area contributed by atoms with E-state index in [0.29, 0.717) is 0 Å². The van der Waals surface area contributed by atoms with Crippen LogP contribution in [-0.4, -0.2) is 18.5 Å². The summed E-state index contributed by atoms with van der Waals surface area (Å²) in [5.74, 6) is 0. The summed E-state index contributed by atoms with van der Waals surface area (Å²) in [6, 6.07) is 6.41. The first-order valence-electron chi connectivity index (χ1n) is 4.40. The minimum atomic E-state index is 0.159. The van der Waals surface area contributed by atoms with Crippen LogP contribution in [0, 0.1) is 0 Å². The van der Waals surface area contributed by atoms with E-state index in [1.807, 2.05) is 6.07 Å². The molecule has 1 aliphatic heterocycles. The number of hydrogen-bond acceptors (Lipinski definition) is 2. The molecule has 13 heavy (non-hydrogen) atoms. The number of nitrogens with zero attached hydrogens (tertiary/aromatic N) is 1. The van der Waals surface area contributed by atoms with E-state index < -0.39 is 0 Å². The van der Waals surface area contributed by atoms with Gasteiger partial charge in [-0.05, 0) is 24.2 Å². The van der Waals surface area contributed by atoms with Crippen molar-refractivity contribution in [1.82, 2.24) is 4.90 Å². The van der Waals surface area contributed by atoms with Crippen LogP contribution in [0.1, 0.15) is 17.2 Å². The molecule has 0 saturated carbocycles. The SMILES string of the molecule is CN1Cc2c(Br)cccc2C(N)C1. The lowest BCUT2D eigenvalue weighted by molar-refractivity contribution is 0.282. The van der Waals surface area contributed by atoms with Crippen LogP contribution in [0.2, 0.25) is 0 Å². The van der Waals surface area contributed by atoms with Crippen molar-refractivity contribution in [3.63, 3.8) is 0 Å². The smallest absolute Gasteiger partial charge is 0.0427 e. The molecule has 2 rings (SSSR count). The summed E-state index contributed by atoms with van der Waals surface area (Å²) in [5, 5.41) is 0. The summed E-state index contributed by atoms with van der Waals surface area (Å²) in [6.45, 7) is 1.94. The van der Waals surface area contributed by atoms with Gasteiger partial charge in [-0.25, -0.2) is 0 Å². The second-order valence-corrected chi connectivity index (χ2v) is 4.47. The van der Waals surface area contributed by atoms with Gasteiger partial charge in [0.1, 0.15) is 0 Å². The molecule has 70 valence electrons. The molecule has 1 heterocycles. The second kappa shape index (κ2) is 3.40. The van der Waals surface area contributed by atoms with E-state index in [1.165, 1.54) is 15.6 Å². The third-order valence-corrected chi connectivity index (χ3v) is 3.23.